The first-order valence-corrected chi connectivity index (χ1v) is 7.66. The minimum absolute atomic E-state index is 0.0670. The second-order valence-electron chi connectivity index (χ2n) is 5.57. The smallest absolute Gasteiger partial charge is 0.272 e. The number of hydrogen-bond donors (Lipinski definition) is 1. The fourth-order valence-electron chi connectivity index (χ4n) is 2.75. The summed E-state index contributed by atoms with van der Waals surface area (Å²) in [7, 11) is 0. The van der Waals surface area contributed by atoms with Gasteiger partial charge >= 0.3 is 0 Å². The van der Waals surface area contributed by atoms with Crippen LogP contribution in [0.3, 0.4) is 0 Å². The molecule has 1 amide bonds. The zero-order chi connectivity index (χ0) is 14.4. The summed E-state index contributed by atoms with van der Waals surface area (Å²) in [5.41, 5.74) is 1.55. The summed E-state index contributed by atoms with van der Waals surface area (Å²) in [6.07, 6.45) is 6.34. The van der Waals surface area contributed by atoms with Gasteiger partial charge in [0.05, 0.1) is 0 Å². The number of rotatable bonds is 5. The van der Waals surface area contributed by atoms with E-state index in [2.05, 4.69) is 17.2 Å². The van der Waals surface area contributed by atoms with Crippen LogP contribution in [-0.2, 0) is 0 Å². The molecule has 1 fully saturated rings. The van der Waals surface area contributed by atoms with Gasteiger partial charge in [0.1, 0.15) is 5.69 Å². The Morgan fingerprint density at radius 1 is 1.50 bits per heavy atom. The zero-order valence-corrected chi connectivity index (χ0v) is 12.6. The summed E-state index contributed by atoms with van der Waals surface area (Å²) < 4.78 is 0. The lowest BCUT2D eigenvalue weighted by atomic mass is 10.0. The standard InChI is InChI=1S/C16H25N3O/c1-3-11-19(12-14-8-4-5-9-17-14)16(20)15-13(2)7-6-10-18-15/h6-7,10,14,17H,3-5,8-9,11-12H2,1-2H3. The topological polar surface area (TPSA) is 45.2 Å². The maximum absolute atomic E-state index is 12.7. The van der Waals surface area contributed by atoms with Gasteiger partial charge in [-0.2, -0.15) is 0 Å². The van der Waals surface area contributed by atoms with E-state index in [1.165, 1.54) is 12.8 Å². The van der Waals surface area contributed by atoms with Gasteiger partial charge < -0.3 is 10.2 Å². The molecule has 1 unspecified atom stereocenters. The number of piperidine rings is 1. The van der Waals surface area contributed by atoms with Crippen LogP contribution in [0.25, 0.3) is 0 Å². The highest BCUT2D eigenvalue weighted by molar-refractivity contribution is 5.93. The van der Waals surface area contributed by atoms with E-state index in [1.54, 1.807) is 6.20 Å². The molecule has 0 bridgehead atoms. The van der Waals surface area contributed by atoms with Crippen molar-refractivity contribution >= 4 is 5.91 Å². The highest BCUT2D eigenvalue weighted by Gasteiger charge is 2.22. The Morgan fingerprint density at radius 2 is 2.35 bits per heavy atom. The number of hydrogen-bond acceptors (Lipinski definition) is 3. The largest absolute Gasteiger partial charge is 0.336 e. The van der Waals surface area contributed by atoms with Crippen molar-refractivity contribution in [1.29, 1.82) is 0 Å². The van der Waals surface area contributed by atoms with Gasteiger partial charge in [-0.25, -0.2) is 0 Å². The van der Waals surface area contributed by atoms with Crippen LogP contribution in [-0.4, -0.2) is 41.5 Å². The van der Waals surface area contributed by atoms with Gasteiger partial charge in [-0.15, -0.1) is 0 Å². The van der Waals surface area contributed by atoms with Gasteiger partial charge in [0, 0.05) is 25.3 Å². The van der Waals surface area contributed by atoms with Crippen LogP contribution in [0.2, 0.25) is 0 Å². The number of aromatic nitrogens is 1. The number of nitrogens with zero attached hydrogens (tertiary/aromatic N) is 2. The molecule has 4 nitrogen and oxygen atoms in total. The molecule has 4 heteroatoms. The second-order valence-corrected chi connectivity index (χ2v) is 5.57. The van der Waals surface area contributed by atoms with E-state index in [4.69, 9.17) is 0 Å². The molecule has 1 aromatic heterocycles. The number of carbonyl (C=O) groups is 1. The van der Waals surface area contributed by atoms with E-state index >= 15 is 0 Å². The number of amides is 1. The maximum Gasteiger partial charge on any atom is 0.272 e. The van der Waals surface area contributed by atoms with E-state index in [0.29, 0.717) is 11.7 Å². The molecule has 2 heterocycles. The summed E-state index contributed by atoms with van der Waals surface area (Å²) in [4.78, 5) is 18.9. The molecule has 1 saturated heterocycles. The maximum atomic E-state index is 12.7. The van der Waals surface area contributed by atoms with E-state index < -0.39 is 0 Å². The van der Waals surface area contributed by atoms with Crippen molar-refractivity contribution in [3.63, 3.8) is 0 Å². The van der Waals surface area contributed by atoms with Crippen LogP contribution in [0.4, 0.5) is 0 Å². The zero-order valence-electron chi connectivity index (χ0n) is 12.6. The molecule has 0 saturated carbocycles. The lowest BCUT2D eigenvalue weighted by Gasteiger charge is -2.30. The van der Waals surface area contributed by atoms with Crippen molar-refractivity contribution in [2.75, 3.05) is 19.6 Å². The normalized spacial score (nSPS) is 18.8. The molecule has 0 spiro atoms. The minimum Gasteiger partial charge on any atom is -0.336 e. The van der Waals surface area contributed by atoms with Crippen LogP contribution >= 0.6 is 0 Å². The van der Waals surface area contributed by atoms with E-state index in [-0.39, 0.29) is 5.91 Å². The Balaban J connectivity index is 2.07. The van der Waals surface area contributed by atoms with Gasteiger partial charge in [0.2, 0.25) is 0 Å². The second kappa shape index (κ2) is 7.39. The summed E-state index contributed by atoms with van der Waals surface area (Å²) in [5.74, 6) is 0.0670. The Kier molecular flexibility index (Phi) is 5.53. The van der Waals surface area contributed by atoms with Gasteiger partial charge in [0.15, 0.2) is 0 Å². The average Bonchev–Trinajstić information content (AvgIpc) is 2.48. The first-order valence-electron chi connectivity index (χ1n) is 7.66. The van der Waals surface area contributed by atoms with E-state index in [0.717, 1.165) is 38.0 Å². The summed E-state index contributed by atoms with van der Waals surface area (Å²) in [6, 6.07) is 4.26. The van der Waals surface area contributed by atoms with Crippen molar-refractivity contribution in [2.24, 2.45) is 0 Å². The van der Waals surface area contributed by atoms with Crippen LogP contribution in [0, 0.1) is 6.92 Å². The van der Waals surface area contributed by atoms with E-state index in [1.807, 2.05) is 24.0 Å². The molecular formula is C16H25N3O. The summed E-state index contributed by atoms with van der Waals surface area (Å²) in [6.45, 7) is 6.72. The fourth-order valence-corrected chi connectivity index (χ4v) is 2.75. The Labute approximate surface area is 121 Å². The number of carbonyl (C=O) groups excluding carboxylic acids is 1. The Hall–Kier alpha value is -1.42. The summed E-state index contributed by atoms with van der Waals surface area (Å²) >= 11 is 0. The lowest BCUT2D eigenvalue weighted by molar-refractivity contribution is 0.0725. The van der Waals surface area contributed by atoms with Crippen LogP contribution in [0.5, 0.6) is 0 Å². The van der Waals surface area contributed by atoms with Crippen molar-refractivity contribution in [3.8, 4) is 0 Å². The van der Waals surface area contributed by atoms with Gasteiger partial charge in [-0.1, -0.05) is 19.4 Å². The first-order chi connectivity index (χ1) is 9.72. The lowest BCUT2D eigenvalue weighted by Crippen LogP contribution is -2.46. The SMILES string of the molecule is CCCN(CC1CCCCN1)C(=O)c1ncccc1C. The van der Waals surface area contributed by atoms with Crippen LogP contribution in [0.15, 0.2) is 18.3 Å². The van der Waals surface area contributed by atoms with Gasteiger partial charge in [-0.3, -0.25) is 9.78 Å². The molecule has 1 atom stereocenters. The van der Waals surface area contributed by atoms with Crippen molar-refractivity contribution in [3.05, 3.63) is 29.6 Å². The molecule has 2 rings (SSSR count). The first kappa shape index (κ1) is 15.0. The van der Waals surface area contributed by atoms with Crippen molar-refractivity contribution < 1.29 is 4.79 Å². The third-order valence-corrected chi connectivity index (χ3v) is 3.85. The van der Waals surface area contributed by atoms with Crippen LogP contribution < -0.4 is 5.32 Å². The van der Waals surface area contributed by atoms with E-state index in [9.17, 15) is 4.79 Å². The molecule has 0 aromatic carbocycles. The number of aryl methyl sites for hydroxylation is 1. The number of nitrogens with one attached hydrogen (secondary N) is 1. The third kappa shape index (κ3) is 3.79. The monoisotopic (exact) mass is 275 g/mol. The molecular weight excluding hydrogens is 250 g/mol. The van der Waals surface area contributed by atoms with Crippen LogP contribution in [0.1, 0.15) is 48.7 Å². The highest BCUT2D eigenvalue weighted by atomic mass is 16.2. The number of pyridine rings is 1. The molecule has 20 heavy (non-hydrogen) atoms. The molecule has 110 valence electrons. The minimum atomic E-state index is 0.0670. The predicted molar refractivity (Wildman–Crippen MR) is 80.8 cm³/mol. The fraction of sp³-hybridized carbons (Fsp3) is 0.625. The van der Waals surface area contributed by atoms with Gasteiger partial charge in [0.25, 0.3) is 5.91 Å². The summed E-state index contributed by atoms with van der Waals surface area (Å²) in [5, 5.41) is 3.51. The molecule has 1 aromatic rings. The highest BCUT2D eigenvalue weighted by Crippen LogP contribution is 2.12. The molecule has 0 aliphatic carbocycles. The molecule has 0 radical (unpaired) electrons. The predicted octanol–water partition coefficient (Wildman–Crippen LogP) is 2.38. The molecule has 1 aliphatic heterocycles. The Morgan fingerprint density at radius 3 is 3.00 bits per heavy atom. The quantitative estimate of drug-likeness (QED) is 0.897. The molecule has 1 N–H and O–H groups in total. The molecule has 1 aliphatic rings. The van der Waals surface area contributed by atoms with Gasteiger partial charge in [-0.05, 0) is 44.4 Å². The Bertz CT molecular complexity index is 441. The third-order valence-electron chi connectivity index (χ3n) is 3.85. The van der Waals surface area contributed by atoms with Crippen molar-refractivity contribution in [1.82, 2.24) is 15.2 Å². The van der Waals surface area contributed by atoms with Crippen molar-refractivity contribution in [2.45, 2.75) is 45.6 Å². The average molecular weight is 275 g/mol.